The summed E-state index contributed by atoms with van der Waals surface area (Å²) >= 11 is 0. The second kappa shape index (κ2) is 7.06. The van der Waals surface area contributed by atoms with Crippen molar-refractivity contribution in [3.05, 3.63) is 12.3 Å². The van der Waals surface area contributed by atoms with E-state index in [0.29, 0.717) is 5.92 Å². The molecule has 1 rings (SSSR count). The molecule has 1 aliphatic rings. The van der Waals surface area contributed by atoms with E-state index < -0.39 is 6.03 Å². The van der Waals surface area contributed by atoms with Crippen LogP contribution in [0.3, 0.4) is 0 Å². The minimum atomic E-state index is -0.405. The molecule has 3 N–H and O–H groups in total. The van der Waals surface area contributed by atoms with Gasteiger partial charge in [-0.25, -0.2) is 4.79 Å². The summed E-state index contributed by atoms with van der Waals surface area (Å²) in [6.07, 6.45) is 8.54. The molecule has 1 fully saturated rings. The first-order chi connectivity index (χ1) is 8.15. The predicted octanol–water partition coefficient (Wildman–Crippen LogP) is 1.21. The highest BCUT2D eigenvalue weighted by Gasteiger charge is 2.16. The zero-order chi connectivity index (χ0) is 12.7. The van der Waals surface area contributed by atoms with Crippen LogP contribution in [0, 0.1) is 5.92 Å². The quantitative estimate of drug-likeness (QED) is 0.774. The average Bonchev–Trinajstić information content (AvgIpc) is 2.78. The van der Waals surface area contributed by atoms with E-state index in [2.05, 4.69) is 5.32 Å². The van der Waals surface area contributed by atoms with Crippen molar-refractivity contribution in [3.63, 3.8) is 0 Å². The summed E-state index contributed by atoms with van der Waals surface area (Å²) in [5.74, 6) is 0.276. The smallest absolute Gasteiger partial charge is 0.328 e. The molecule has 0 unspecified atom stereocenters. The van der Waals surface area contributed by atoms with Crippen molar-refractivity contribution in [2.75, 3.05) is 13.1 Å². The summed E-state index contributed by atoms with van der Waals surface area (Å²) in [7, 11) is 0. The summed E-state index contributed by atoms with van der Waals surface area (Å²) in [4.78, 5) is 23.9. The monoisotopic (exact) mass is 239 g/mol. The molecular weight excluding hydrogens is 218 g/mol. The first-order valence-corrected chi connectivity index (χ1v) is 6.10. The summed E-state index contributed by atoms with van der Waals surface area (Å²) in [5.41, 5.74) is 5.34. The molecule has 5 heteroatoms. The van der Waals surface area contributed by atoms with Crippen molar-refractivity contribution in [1.29, 1.82) is 0 Å². The van der Waals surface area contributed by atoms with E-state index in [-0.39, 0.29) is 19.0 Å². The first kappa shape index (κ1) is 13.7. The lowest BCUT2D eigenvalue weighted by atomic mass is 10.1. The topological polar surface area (TPSA) is 75.4 Å². The van der Waals surface area contributed by atoms with E-state index in [1.165, 1.54) is 32.6 Å². The van der Waals surface area contributed by atoms with Gasteiger partial charge in [-0.1, -0.05) is 18.9 Å². The largest absolute Gasteiger partial charge is 0.329 e. The summed E-state index contributed by atoms with van der Waals surface area (Å²) in [6.45, 7) is 1.88. The highest BCUT2D eigenvalue weighted by Crippen LogP contribution is 2.25. The van der Waals surface area contributed by atoms with E-state index in [4.69, 9.17) is 5.73 Å². The van der Waals surface area contributed by atoms with Crippen LogP contribution in [-0.4, -0.2) is 29.9 Å². The van der Waals surface area contributed by atoms with Crippen LogP contribution in [0.1, 0.15) is 32.6 Å². The molecule has 0 aromatic rings. The number of urea groups is 1. The molecule has 0 atom stereocenters. The van der Waals surface area contributed by atoms with Crippen LogP contribution in [0.4, 0.5) is 4.79 Å². The van der Waals surface area contributed by atoms with Crippen molar-refractivity contribution in [3.8, 4) is 0 Å². The van der Waals surface area contributed by atoms with Gasteiger partial charge in [0.1, 0.15) is 0 Å². The number of rotatable bonds is 4. The van der Waals surface area contributed by atoms with Crippen molar-refractivity contribution in [1.82, 2.24) is 10.2 Å². The number of imide groups is 1. The number of carbonyl (C=O) groups is 2. The Morgan fingerprint density at radius 1 is 1.41 bits per heavy atom. The molecule has 0 bridgehead atoms. The maximum absolute atomic E-state index is 11.6. The van der Waals surface area contributed by atoms with Crippen LogP contribution in [0.25, 0.3) is 0 Å². The van der Waals surface area contributed by atoms with Gasteiger partial charge in [0.05, 0.1) is 0 Å². The van der Waals surface area contributed by atoms with Crippen LogP contribution < -0.4 is 11.1 Å². The highest BCUT2D eigenvalue weighted by molar-refractivity contribution is 5.93. The van der Waals surface area contributed by atoms with Gasteiger partial charge in [0.15, 0.2) is 0 Å². The molecule has 1 aliphatic carbocycles. The number of nitrogens with zero attached hydrogens (tertiary/aromatic N) is 1. The van der Waals surface area contributed by atoms with Crippen LogP contribution in [0.15, 0.2) is 12.3 Å². The molecule has 0 heterocycles. The third-order valence-corrected chi connectivity index (χ3v) is 2.95. The summed E-state index contributed by atoms with van der Waals surface area (Å²) in [6, 6.07) is -0.405. The van der Waals surface area contributed by atoms with Gasteiger partial charge in [-0.05, 0) is 18.8 Å². The Balaban J connectivity index is 2.38. The third kappa shape index (κ3) is 4.56. The zero-order valence-corrected chi connectivity index (χ0v) is 10.3. The minimum absolute atomic E-state index is 0.248. The predicted molar refractivity (Wildman–Crippen MR) is 66.1 cm³/mol. The van der Waals surface area contributed by atoms with Gasteiger partial charge < -0.3 is 11.1 Å². The standard InChI is InChI=1S/C12H21N3O2/c1-10(16)15(9-7-13)12(17)14-8-6-11-4-2-3-5-11/h6,8,11H,2-5,7,9,13H2,1H3,(H,14,17)/b8-6+. The normalized spacial score (nSPS) is 16.4. The minimum Gasteiger partial charge on any atom is -0.329 e. The lowest BCUT2D eigenvalue weighted by molar-refractivity contribution is -0.125. The molecule has 17 heavy (non-hydrogen) atoms. The van der Waals surface area contributed by atoms with Gasteiger partial charge in [0.2, 0.25) is 5.91 Å². The van der Waals surface area contributed by atoms with Crippen LogP contribution in [0.5, 0.6) is 0 Å². The van der Waals surface area contributed by atoms with E-state index in [1.807, 2.05) is 6.08 Å². The number of nitrogens with two attached hydrogens (primary N) is 1. The van der Waals surface area contributed by atoms with E-state index in [1.54, 1.807) is 6.20 Å². The van der Waals surface area contributed by atoms with Gasteiger partial charge in [0.25, 0.3) is 0 Å². The molecule has 0 aliphatic heterocycles. The number of hydrogen-bond donors (Lipinski definition) is 2. The average molecular weight is 239 g/mol. The molecule has 0 aromatic heterocycles. The fourth-order valence-corrected chi connectivity index (χ4v) is 2.01. The number of hydrogen-bond acceptors (Lipinski definition) is 3. The lowest BCUT2D eigenvalue weighted by Crippen LogP contribution is -2.43. The van der Waals surface area contributed by atoms with E-state index in [9.17, 15) is 9.59 Å². The van der Waals surface area contributed by atoms with Gasteiger partial charge in [-0.2, -0.15) is 0 Å². The third-order valence-electron chi connectivity index (χ3n) is 2.95. The molecule has 0 aromatic carbocycles. The first-order valence-electron chi connectivity index (χ1n) is 6.10. The van der Waals surface area contributed by atoms with E-state index >= 15 is 0 Å². The molecule has 0 radical (unpaired) electrons. The Bertz CT molecular complexity index is 296. The second-order valence-electron chi connectivity index (χ2n) is 4.31. The Morgan fingerprint density at radius 2 is 2.06 bits per heavy atom. The SMILES string of the molecule is CC(=O)N(CCN)C(=O)N/C=C/C1CCCC1. The number of allylic oxidation sites excluding steroid dienone is 1. The van der Waals surface area contributed by atoms with Crippen molar-refractivity contribution < 1.29 is 9.59 Å². The number of amides is 3. The molecule has 5 nitrogen and oxygen atoms in total. The van der Waals surface area contributed by atoms with E-state index in [0.717, 1.165) is 4.90 Å². The maximum atomic E-state index is 11.6. The van der Waals surface area contributed by atoms with Crippen molar-refractivity contribution in [2.24, 2.45) is 11.7 Å². The molecule has 0 spiro atoms. The number of nitrogens with one attached hydrogen (secondary N) is 1. The fraction of sp³-hybridized carbons (Fsp3) is 0.667. The maximum Gasteiger partial charge on any atom is 0.328 e. The van der Waals surface area contributed by atoms with Gasteiger partial charge in [0, 0.05) is 26.2 Å². The molecule has 0 saturated heterocycles. The van der Waals surface area contributed by atoms with Crippen molar-refractivity contribution >= 4 is 11.9 Å². The molecule has 1 saturated carbocycles. The van der Waals surface area contributed by atoms with Crippen LogP contribution in [-0.2, 0) is 4.79 Å². The fourth-order valence-electron chi connectivity index (χ4n) is 2.01. The second-order valence-corrected chi connectivity index (χ2v) is 4.31. The van der Waals surface area contributed by atoms with Gasteiger partial charge >= 0.3 is 6.03 Å². The summed E-state index contributed by atoms with van der Waals surface area (Å²) in [5, 5.41) is 2.61. The molecular formula is C12H21N3O2. The Kier molecular flexibility index (Phi) is 5.69. The molecule has 3 amide bonds. The van der Waals surface area contributed by atoms with Gasteiger partial charge in [-0.15, -0.1) is 0 Å². The number of carbonyl (C=O) groups excluding carboxylic acids is 2. The van der Waals surface area contributed by atoms with Crippen LogP contribution in [0.2, 0.25) is 0 Å². The Morgan fingerprint density at radius 3 is 2.59 bits per heavy atom. The van der Waals surface area contributed by atoms with Gasteiger partial charge in [-0.3, -0.25) is 9.69 Å². The Hall–Kier alpha value is -1.36. The highest BCUT2D eigenvalue weighted by atomic mass is 16.2. The van der Waals surface area contributed by atoms with Crippen LogP contribution >= 0.6 is 0 Å². The Labute approximate surface area is 102 Å². The molecule has 96 valence electrons. The lowest BCUT2D eigenvalue weighted by Gasteiger charge is -2.17. The summed E-state index contributed by atoms with van der Waals surface area (Å²) < 4.78 is 0. The van der Waals surface area contributed by atoms with Crippen molar-refractivity contribution in [2.45, 2.75) is 32.6 Å². The zero-order valence-electron chi connectivity index (χ0n) is 10.3.